The second kappa shape index (κ2) is 6.47. The molecular weight excluding hydrogens is 252 g/mol. The third kappa shape index (κ3) is 4.05. The standard InChI is InChI=1S/C10H16N6O3/c1-3-4-12-8(17)6-15(2)9-7(16(18)19)5-13-10(11)14-9/h5H,3-4,6H2,1-2H3,(H,12,17)(H2,11,13,14). The van der Waals surface area contributed by atoms with Crippen LogP contribution in [0.2, 0.25) is 0 Å². The molecule has 0 aliphatic rings. The summed E-state index contributed by atoms with van der Waals surface area (Å²) in [6.07, 6.45) is 1.84. The second-order valence-electron chi connectivity index (χ2n) is 3.90. The first kappa shape index (κ1) is 14.6. The zero-order valence-corrected chi connectivity index (χ0v) is 10.8. The molecule has 1 heterocycles. The van der Waals surface area contributed by atoms with Crippen molar-refractivity contribution in [3.8, 4) is 0 Å². The number of nitrogens with one attached hydrogen (secondary N) is 1. The zero-order chi connectivity index (χ0) is 14.4. The number of carbonyl (C=O) groups excluding carboxylic acids is 1. The summed E-state index contributed by atoms with van der Waals surface area (Å²) in [6.45, 7) is 2.44. The van der Waals surface area contributed by atoms with Crippen LogP contribution in [0.15, 0.2) is 6.20 Å². The van der Waals surface area contributed by atoms with Crippen molar-refractivity contribution in [1.29, 1.82) is 0 Å². The van der Waals surface area contributed by atoms with E-state index in [1.165, 1.54) is 11.9 Å². The average Bonchev–Trinajstić information content (AvgIpc) is 2.35. The summed E-state index contributed by atoms with van der Waals surface area (Å²) in [7, 11) is 1.53. The predicted octanol–water partition coefficient (Wildman–Crippen LogP) is -0.0706. The molecule has 104 valence electrons. The molecule has 0 aliphatic heterocycles. The molecule has 0 saturated heterocycles. The lowest BCUT2D eigenvalue weighted by Crippen LogP contribution is -2.36. The fraction of sp³-hybridized carbons (Fsp3) is 0.500. The van der Waals surface area contributed by atoms with Crippen LogP contribution in [0.5, 0.6) is 0 Å². The number of rotatable bonds is 6. The number of anilines is 2. The Morgan fingerprint density at radius 1 is 1.63 bits per heavy atom. The van der Waals surface area contributed by atoms with Gasteiger partial charge in [-0.1, -0.05) is 6.92 Å². The van der Waals surface area contributed by atoms with Gasteiger partial charge < -0.3 is 16.0 Å². The minimum Gasteiger partial charge on any atom is -0.368 e. The molecule has 1 aromatic rings. The predicted molar refractivity (Wildman–Crippen MR) is 69.7 cm³/mol. The third-order valence-corrected chi connectivity index (χ3v) is 2.28. The maximum absolute atomic E-state index is 11.6. The highest BCUT2D eigenvalue weighted by Crippen LogP contribution is 2.23. The number of aromatic nitrogens is 2. The van der Waals surface area contributed by atoms with Gasteiger partial charge in [-0.25, -0.2) is 4.98 Å². The largest absolute Gasteiger partial charge is 0.368 e. The maximum atomic E-state index is 11.6. The summed E-state index contributed by atoms with van der Waals surface area (Å²) < 4.78 is 0. The fourth-order valence-electron chi connectivity index (χ4n) is 1.40. The molecule has 1 amide bonds. The molecule has 0 atom stereocenters. The van der Waals surface area contributed by atoms with Gasteiger partial charge in [0.2, 0.25) is 17.7 Å². The van der Waals surface area contributed by atoms with Gasteiger partial charge in [-0.2, -0.15) is 4.98 Å². The number of likely N-dealkylation sites (N-methyl/N-ethyl adjacent to an activating group) is 1. The van der Waals surface area contributed by atoms with E-state index < -0.39 is 4.92 Å². The van der Waals surface area contributed by atoms with Gasteiger partial charge >= 0.3 is 5.69 Å². The highest BCUT2D eigenvalue weighted by atomic mass is 16.6. The van der Waals surface area contributed by atoms with E-state index in [0.717, 1.165) is 12.6 Å². The Bertz CT molecular complexity index is 478. The van der Waals surface area contributed by atoms with Crippen LogP contribution in [0.25, 0.3) is 0 Å². The summed E-state index contributed by atoms with van der Waals surface area (Å²) in [5.41, 5.74) is 5.11. The molecule has 0 aliphatic carbocycles. The third-order valence-electron chi connectivity index (χ3n) is 2.28. The first-order valence-corrected chi connectivity index (χ1v) is 5.70. The van der Waals surface area contributed by atoms with E-state index in [9.17, 15) is 14.9 Å². The summed E-state index contributed by atoms with van der Waals surface area (Å²) in [5.74, 6) is -0.304. The van der Waals surface area contributed by atoms with Crippen molar-refractivity contribution in [2.45, 2.75) is 13.3 Å². The molecule has 19 heavy (non-hydrogen) atoms. The first-order chi connectivity index (χ1) is 8.95. The Morgan fingerprint density at radius 2 is 2.32 bits per heavy atom. The normalized spacial score (nSPS) is 10.0. The van der Waals surface area contributed by atoms with Gasteiger partial charge in [0.15, 0.2) is 0 Å². The van der Waals surface area contributed by atoms with Crippen molar-refractivity contribution in [3.63, 3.8) is 0 Å². The van der Waals surface area contributed by atoms with Crippen LogP contribution in [0.4, 0.5) is 17.5 Å². The average molecular weight is 268 g/mol. The fourth-order valence-corrected chi connectivity index (χ4v) is 1.40. The number of nitrogen functional groups attached to an aromatic ring is 1. The second-order valence-corrected chi connectivity index (χ2v) is 3.90. The summed E-state index contributed by atoms with van der Waals surface area (Å²) in [4.78, 5) is 30.5. The van der Waals surface area contributed by atoms with Crippen LogP contribution in [-0.4, -0.2) is 40.9 Å². The number of carbonyl (C=O) groups is 1. The number of nitrogens with two attached hydrogens (primary N) is 1. The van der Waals surface area contributed by atoms with Gasteiger partial charge in [-0.15, -0.1) is 0 Å². The summed E-state index contributed by atoms with van der Waals surface area (Å²) >= 11 is 0. The van der Waals surface area contributed by atoms with Crippen molar-refractivity contribution < 1.29 is 9.72 Å². The van der Waals surface area contributed by atoms with Gasteiger partial charge in [0, 0.05) is 13.6 Å². The highest BCUT2D eigenvalue weighted by Gasteiger charge is 2.21. The van der Waals surface area contributed by atoms with E-state index in [-0.39, 0.29) is 29.9 Å². The van der Waals surface area contributed by atoms with Gasteiger partial charge in [0.05, 0.1) is 11.5 Å². The van der Waals surface area contributed by atoms with Crippen LogP contribution in [-0.2, 0) is 4.79 Å². The van der Waals surface area contributed by atoms with Crippen LogP contribution in [0.3, 0.4) is 0 Å². The molecule has 0 spiro atoms. The molecule has 9 heteroatoms. The van der Waals surface area contributed by atoms with E-state index in [0.29, 0.717) is 6.54 Å². The number of nitro groups is 1. The van der Waals surface area contributed by atoms with Crippen molar-refractivity contribution in [2.24, 2.45) is 0 Å². The van der Waals surface area contributed by atoms with E-state index in [1.807, 2.05) is 6.92 Å². The number of amides is 1. The van der Waals surface area contributed by atoms with Crippen LogP contribution in [0.1, 0.15) is 13.3 Å². The molecule has 1 rings (SSSR count). The minimum atomic E-state index is -0.616. The highest BCUT2D eigenvalue weighted by molar-refractivity contribution is 5.81. The number of nitrogens with zero attached hydrogens (tertiary/aromatic N) is 4. The van der Waals surface area contributed by atoms with Gasteiger partial charge in [-0.05, 0) is 6.42 Å². The molecule has 1 aromatic heterocycles. The number of hydrogen-bond donors (Lipinski definition) is 2. The van der Waals surface area contributed by atoms with Crippen LogP contribution >= 0.6 is 0 Å². The Kier molecular flexibility index (Phi) is 4.98. The Balaban J connectivity index is 2.86. The molecule has 0 saturated carbocycles. The Morgan fingerprint density at radius 3 is 2.89 bits per heavy atom. The van der Waals surface area contributed by atoms with Gasteiger partial charge in [-0.3, -0.25) is 14.9 Å². The molecular formula is C10H16N6O3. The van der Waals surface area contributed by atoms with Crippen molar-refractivity contribution >= 4 is 23.4 Å². The Labute approximate surface area is 110 Å². The zero-order valence-electron chi connectivity index (χ0n) is 10.8. The summed E-state index contributed by atoms with van der Waals surface area (Å²) in [5, 5.41) is 13.5. The lowest BCUT2D eigenvalue weighted by atomic mass is 10.4. The van der Waals surface area contributed by atoms with Crippen LogP contribution in [0, 0.1) is 10.1 Å². The first-order valence-electron chi connectivity index (χ1n) is 5.70. The van der Waals surface area contributed by atoms with Gasteiger partial charge in [0.1, 0.15) is 6.20 Å². The lowest BCUT2D eigenvalue weighted by molar-refractivity contribution is -0.384. The molecule has 0 fully saturated rings. The van der Waals surface area contributed by atoms with Crippen molar-refractivity contribution in [1.82, 2.24) is 15.3 Å². The van der Waals surface area contributed by atoms with E-state index in [1.54, 1.807) is 0 Å². The maximum Gasteiger partial charge on any atom is 0.329 e. The van der Waals surface area contributed by atoms with E-state index >= 15 is 0 Å². The smallest absolute Gasteiger partial charge is 0.329 e. The molecule has 0 bridgehead atoms. The molecule has 0 aromatic carbocycles. The summed E-state index contributed by atoms with van der Waals surface area (Å²) in [6, 6.07) is 0. The van der Waals surface area contributed by atoms with Crippen LogP contribution < -0.4 is 16.0 Å². The topological polar surface area (TPSA) is 127 Å². The molecule has 0 unspecified atom stereocenters. The minimum absolute atomic E-state index is 0.0177. The molecule has 9 nitrogen and oxygen atoms in total. The lowest BCUT2D eigenvalue weighted by Gasteiger charge is -2.17. The SMILES string of the molecule is CCCNC(=O)CN(C)c1nc(N)ncc1[N+](=O)[O-]. The Hall–Kier alpha value is -2.45. The van der Waals surface area contributed by atoms with E-state index in [2.05, 4.69) is 15.3 Å². The monoisotopic (exact) mass is 268 g/mol. The van der Waals surface area contributed by atoms with Gasteiger partial charge in [0.25, 0.3) is 0 Å². The quantitative estimate of drug-likeness (QED) is 0.546. The van der Waals surface area contributed by atoms with Crippen molar-refractivity contribution in [2.75, 3.05) is 30.8 Å². The van der Waals surface area contributed by atoms with Crippen molar-refractivity contribution in [3.05, 3.63) is 16.3 Å². The molecule has 3 N–H and O–H groups in total. The number of hydrogen-bond acceptors (Lipinski definition) is 7. The van der Waals surface area contributed by atoms with E-state index in [4.69, 9.17) is 5.73 Å². The molecule has 0 radical (unpaired) electrons.